The lowest BCUT2D eigenvalue weighted by Crippen LogP contribution is -2.34. The summed E-state index contributed by atoms with van der Waals surface area (Å²) in [6.45, 7) is 7.88. The van der Waals surface area contributed by atoms with E-state index in [9.17, 15) is 8.42 Å². The summed E-state index contributed by atoms with van der Waals surface area (Å²) in [5.41, 5.74) is 0.767. The zero-order valence-electron chi connectivity index (χ0n) is 13.8. The van der Waals surface area contributed by atoms with Gasteiger partial charge in [0.05, 0.1) is 16.3 Å². The zero-order chi connectivity index (χ0) is 16.1. The molecule has 0 spiro atoms. The lowest BCUT2D eigenvalue weighted by molar-refractivity contribution is 0.254. The number of nitrogens with one attached hydrogen (secondary N) is 1. The predicted octanol–water partition coefficient (Wildman–Crippen LogP) is 2.87. The van der Waals surface area contributed by atoms with E-state index in [0.717, 1.165) is 13.1 Å². The lowest BCUT2D eigenvalue weighted by Gasteiger charge is -2.29. The van der Waals surface area contributed by atoms with E-state index in [1.807, 2.05) is 33.2 Å². The molecule has 0 radical (unpaired) electrons. The first-order chi connectivity index (χ1) is 9.68. The summed E-state index contributed by atoms with van der Waals surface area (Å²) in [5.74, 6) is 0.187. The van der Waals surface area contributed by atoms with Crippen LogP contribution in [0.4, 0.5) is 5.69 Å². The molecule has 4 nitrogen and oxygen atoms in total. The van der Waals surface area contributed by atoms with Gasteiger partial charge < -0.3 is 10.2 Å². The summed E-state index contributed by atoms with van der Waals surface area (Å²) in [6.07, 6.45) is 0.628. The van der Waals surface area contributed by atoms with Crippen LogP contribution in [-0.2, 0) is 9.84 Å². The molecule has 0 bridgehead atoms. The molecule has 0 heterocycles. The van der Waals surface area contributed by atoms with E-state index in [1.165, 1.54) is 0 Å². The van der Waals surface area contributed by atoms with Gasteiger partial charge in [0, 0.05) is 13.1 Å². The molecule has 0 aliphatic carbocycles. The van der Waals surface area contributed by atoms with E-state index in [4.69, 9.17) is 0 Å². The molecule has 0 saturated heterocycles. The third-order valence-electron chi connectivity index (χ3n) is 3.20. The molecule has 0 saturated carbocycles. The number of anilines is 1. The fraction of sp³-hybridized carbons (Fsp3) is 0.625. The van der Waals surface area contributed by atoms with Crippen molar-refractivity contribution in [3.05, 3.63) is 24.3 Å². The minimum absolute atomic E-state index is 0.0606. The van der Waals surface area contributed by atoms with Crippen LogP contribution in [0, 0.1) is 5.41 Å². The van der Waals surface area contributed by atoms with Crippen molar-refractivity contribution in [3.8, 4) is 0 Å². The quantitative estimate of drug-likeness (QED) is 0.802. The maximum atomic E-state index is 12.3. The molecule has 0 unspecified atom stereocenters. The number of hydrogen-bond acceptors (Lipinski definition) is 4. The topological polar surface area (TPSA) is 49.4 Å². The zero-order valence-corrected chi connectivity index (χ0v) is 14.6. The van der Waals surface area contributed by atoms with Crippen LogP contribution in [0.5, 0.6) is 0 Å². The Balaban J connectivity index is 2.91. The maximum Gasteiger partial charge on any atom is 0.180 e. The Labute approximate surface area is 129 Å². The van der Waals surface area contributed by atoms with Crippen molar-refractivity contribution in [1.82, 2.24) is 4.90 Å². The van der Waals surface area contributed by atoms with Crippen LogP contribution in [0.2, 0.25) is 0 Å². The standard InChI is InChI=1S/C16H28N2O2S/c1-6-11-21(19,20)15-10-8-7-9-14(15)17-12-16(2,3)13-18(4)5/h7-10,17H,6,11-13H2,1-5H3. The fourth-order valence-electron chi connectivity index (χ4n) is 2.51. The van der Waals surface area contributed by atoms with E-state index >= 15 is 0 Å². The third kappa shape index (κ3) is 5.67. The molecular formula is C16H28N2O2S. The van der Waals surface area contributed by atoms with Gasteiger partial charge in [0.25, 0.3) is 0 Å². The maximum absolute atomic E-state index is 12.3. The van der Waals surface area contributed by atoms with Gasteiger partial charge in [0.2, 0.25) is 0 Å². The second-order valence-corrected chi connectivity index (χ2v) is 8.65. The molecule has 21 heavy (non-hydrogen) atoms. The summed E-state index contributed by atoms with van der Waals surface area (Å²) >= 11 is 0. The van der Waals surface area contributed by atoms with Crippen molar-refractivity contribution in [2.45, 2.75) is 32.1 Å². The highest BCUT2D eigenvalue weighted by atomic mass is 32.2. The van der Waals surface area contributed by atoms with Gasteiger partial charge in [-0.25, -0.2) is 8.42 Å². The molecule has 0 aliphatic rings. The largest absolute Gasteiger partial charge is 0.383 e. The van der Waals surface area contributed by atoms with Crippen LogP contribution < -0.4 is 5.32 Å². The number of para-hydroxylation sites is 1. The second-order valence-electron chi connectivity index (χ2n) is 6.57. The van der Waals surface area contributed by atoms with Crippen molar-refractivity contribution in [2.75, 3.05) is 38.3 Å². The Morgan fingerprint density at radius 3 is 2.38 bits per heavy atom. The smallest absolute Gasteiger partial charge is 0.180 e. The molecule has 120 valence electrons. The SMILES string of the molecule is CCCS(=O)(=O)c1ccccc1NCC(C)(C)CN(C)C. The number of nitrogens with zero attached hydrogens (tertiary/aromatic N) is 1. The van der Waals surface area contributed by atoms with Crippen molar-refractivity contribution < 1.29 is 8.42 Å². The number of rotatable bonds is 8. The number of benzene rings is 1. The van der Waals surface area contributed by atoms with Crippen molar-refractivity contribution >= 4 is 15.5 Å². The average Bonchev–Trinajstić information content (AvgIpc) is 2.35. The number of hydrogen-bond donors (Lipinski definition) is 1. The monoisotopic (exact) mass is 312 g/mol. The Hall–Kier alpha value is -1.07. The highest BCUT2D eigenvalue weighted by molar-refractivity contribution is 7.91. The van der Waals surface area contributed by atoms with E-state index in [-0.39, 0.29) is 11.2 Å². The Morgan fingerprint density at radius 1 is 1.19 bits per heavy atom. The first-order valence-electron chi connectivity index (χ1n) is 7.38. The highest BCUT2D eigenvalue weighted by Crippen LogP contribution is 2.25. The molecule has 0 fully saturated rings. The van der Waals surface area contributed by atoms with Crippen molar-refractivity contribution in [2.24, 2.45) is 5.41 Å². The normalized spacial score (nSPS) is 12.7. The van der Waals surface area contributed by atoms with Crippen LogP contribution in [0.3, 0.4) is 0 Å². The first-order valence-corrected chi connectivity index (χ1v) is 9.03. The Kier molecular flexibility index (Phi) is 6.23. The molecule has 0 aromatic heterocycles. The third-order valence-corrected chi connectivity index (χ3v) is 5.17. The Bertz CT molecular complexity index is 551. The van der Waals surface area contributed by atoms with Gasteiger partial charge in [-0.05, 0) is 38.1 Å². The average molecular weight is 312 g/mol. The molecular weight excluding hydrogens is 284 g/mol. The lowest BCUT2D eigenvalue weighted by atomic mass is 9.93. The summed E-state index contributed by atoms with van der Waals surface area (Å²) in [5, 5.41) is 3.32. The van der Waals surface area contributed by atoms with Crippen LogP contribution in [0.15, 0.2) is 29.2 Å². The highest BCUT2D eigenvalue weighted by Gasteiger charge is 2.21. The van der Waals surface area contributed by atoms with Crippen LogP contribution in [0.1, 0.15) is 27.2 Å². The molecule has 1 aromatic rings. The van der Waals surface area contributed by atoms with Crippen molar-refractivity contribution in [3.63, 3.8) is 0 Å². The fourth-order valence-corrected chi connectivity index (χ4v) is 4.03. The summed E-state index contributed by atoms with van der Waals surface area (Å²) in [7, 11) is 0.881. The summed E-state index contributed by atoms with van der Waals surface area (Å²) in [6, 6.07) is 7.17. The molecule has 0 amide bonds. The Morgan fingerprint density at radius 2 is 1.81 bits per heavy atom. The molecule has 0 aliphatic heterocycles. The second kappa shape index (κ2) is 7.27. The van der Waals surface area contributed by atoms with Gasteiger partial charge in [0.1, 0.15) is 0 Å². The number of sulfone groups is 1. The minimum atomic E-state index is -3.20. The molecule has 1 rings (SSSR count). The summed E-state index contributed by atoms with van der Waals surface area (Å²) < 4.78 is 24.6. The van der Waals surface area contributed by atoms with E-state index < -0.39 is 9.84 Å². The van der Waals surface area contributed by atoms with E-state index in [2.05, 4.69) is 24.1 Å². The van der Waals surface area contributed by atoms with Crippen LogP contribution >= 0.6 is 0 Å². The minimum Gasteiger partial charge on any atom is -0.383 e. The summed E-state index contributed by atoms with van der Waals surface area (Å²) in [4.78, 5) is 2.55. The van der Waals surface area contributed by atoms with Crippen LogP contribution in [0.25, 0.3) is 0 Å². The van der Waals surface area contributed by atoms with Gasteiger partial charge >= 0.3 is 0 Å². The molecule has 0 atom stereocenters. The van der Waals surface area contributed by atoms with E-state index in [1.54, 1.807) is 12.1 Å². The van der Waals surface area contributed by atoms with Crippen molar-refractivity contribution in [1.29, 1.82) is 0 Å². The van der Waals surface area contributed by atoms with Gasteiger partial charge in [-0.15, -0.1) is 0 Å². The predicted molar refractivity (Wildman–Crippen MR) is 89.6 cm³/mol. The first kappa shape index (κ1) is 18.0. The molecule has 5 heteroatoms. The van der Waals surface area contributed by atoms with Gasteiger partial charge in [0.15, 0.2) is 9.84 Å². The van der Waals surface area contributed by atoms with Gasteiger partial charge in [-0.2, -0.15) is 0 Å². The molecule has 1 aromatic carbocycles. The molecule has 1 N–H and O–H groups in total. The van der Waals surface area contributed by atoms with Gasteiger partial charge in [-0.3, -0.25) is 0 Å². The van der Waals surface area contributed by atoms with Gasteiger partial charge in [-0.1, -0.05) is 32.9 Å². The van der Waals surface area contributed by atoms with E-state index in [0.29, 0.717) is 17.0 Å². The van der Waals surface area contributed by atoms with Crippen LogP contribution in [-0.4, -0.2) is 46.3 Å².